The van der Waals surface area contributed by atoms with Gasteiger partial charge in [-0.3, -0.25) is 9.59 Å². The molecule has 0 aliphatic heterocycles. The van der Waals surface area contributed by atoms with E-state index in [0.29, 0.717) is 18.1 Å². The molecule has 4 nitrogen and oxygen atoms in total. The molecule has 1 aliphatic rings. The molecule has 2 rings (SSSR count). The number of methoxy groups -OCH3 is 1. The number of esters is 1. The van der Waals surface area contributed by atoms with E-state index in [0.717, 1.165) is 25.7 Å². The van der Waals surface area contributed by atoms with Crippen molar-refractivity contribution in [3.8, 4) is 5.75 Å². The Balaban J connectivity index is 1.87. The van der Waals surface area contributed by atoms with Gasteiger partial charge in [0.1, 0.15) is 11.6 Å². The van der Waals surface area contributed by atoms with Crippen molar-refractivity contribution in [2.24, 2.45) is 5.92 Å². The van der Waals surface area contributed by atoms with Crippen molar-refractivity contribution in [3.63, 3.8) is 0 Å². The first-order valence-corrected chi connectivity index (χ1v) is 7.53. The third-order valence-corrected chi connectivity index (χ3v) is 4.10. The largest absolute Gasteiger partial charge is 0.490 e. The second-order valence-electron chi connectivity index (χ2n) is 5.74. The van der Waals surface area contributed by atoms with Crippen LogP contribution in [0.15, 0.2) is 18.2 Å². The number of ether oxygens (including phenoxy) is 2. The first-order chi connectivity index (χ1) is 10.5. The topological polar surface area (TPSA) is 52.6 Å². The lowest BCUT2D eigenvalue weighted by molar-refractivity contribution is -0.142. The smallest absolute Gasteiger partial charge is 0.305 e. The highest BCUT2D eigenvalue weighted by Gasteiger charge is 2.24. The van der Waals surface area contributed by atoms with E-state index < -0.39 is 5.82 Å². The molecule has 120 valence electrons. The molecule has 0 bridgehead atoms. The lowest BCUT2D eigenvalue weighted by Crippen LogP contribution is -2.25. The number of carbonyl (C=O) groups excluding carboxylic acids is 2. The lowest BCUT2D eigenvalue weighted by Gasteiger charge is -2.28. The Labute approximate surface area is 129 Å². The van der Waals surface area contributed by atoms with Crippen molar-refractivity contribution in [1.29, 1.82) is 0 Å². The average molecular weight is 308 g/mol. The van der Waals surface area contributed by atoms with Gasteiger partial charge in [-0.1, -0.05) is 0 Å². The average Bonchev–Trinajstić information content (AvgIpc) is 2.49. The maximum absolute atomic E-state index is 13.7. The van der Waals surface area contributed by atoms with Crippen LogP contribution < -0.4 is 4.74 Å². The van der Waals surface area contributed by atoms with E-state index in [-0.39, 0.29) is 23.4 Å². The summed E-state index contributed by atoms with van der Waals surface area (Å²) in [6, 6.07) is 4.34. The second kappa shape index (κ2) is 7.38. The summed E-state index contributed by atoms with van der Waals surface area (Å²) in [4.78, 5) is 22.5. The summed E-state index contributed by atoms with van der Waals surface area (Å²) in [5, 5.41) is 0. The van der Waals surface area contributed by atoms with Crippen LogP contribution in [-0.2, 0) is 9.53 Å². The van der Waals surface area contributed by atoms with Gasteiger partial charge < -0.3 is 9.47 Å². The highest BCUT2D eigenvalue weighted by atomic mass is 19.1. The first-order valence-electron chi connectivity index (χ1n) is 7.53. The summed E-state index contributed by atoms with van der Waals surface area (Å²) in [6.07, 6.45) is 3.93. The monoisotopic (exact) mass is 308 g/mol. The van der Waals surface area contributed by atoms with Gasteiger partial charge in [-0.15, -0.1) is 0 Å². The van der Waals surface area contributed by atoms with Crippen molar-refractivity contribution in [2.75, 3.05) is 7.11 Å². The molecule has 0 heterocycles. The fraction of sp³-hybridized carbons (Fsp3) is 0.529. The van der Waals surface area contributed by atoms with E-state index in [4.69, 9.17) is 4.74 Å². The van der Waals surface area contributed by atoms with Crippen LogP contribution in [0.1, 0.15) is 49.4 Å². The highest BCUT2D eigenvalue weighted by Crippen LogP contribution is 2.30. The number of carbonyl (C=O) groups is 2. The van der Waals surface area contributed by atoms with Crippen LogP contribution in [0.3, 0.4) is 0 Å². The SMILES string of the molecule is COC(=O)C[C@H]1CC[C@@H](Oc2ccc(C(C)=O)c(F)c2)CC1. The molecule has 0 saturated heterocycles. The van der Waals surface area contributed by atoms with Crippen LogP contribution in [0.25, 0.3) is 0 Å². The molecule has 0 amide bonds. The van der Waals surface area contributed by atoms with Crippen LogP contribution in [0.2, 0.25) is 0 Å². The van der Waals surface area contributed by atoms with E-state index in [1.165, 1.54) is 26.2 Å². The van der Waals surface area contributed by atoms with Gasteiger partial charge in [0, 0.05) is 12.5 Å². The van der Waals surface area contributed by atoms with Crippen LogP contribution >= 0.6 is 0 Å². The van der Waals surface area contributed by atoms with Gasteiger partial charge in [0.15, 0.2) is 5.78 Å². The summed E-state index contributed by atoms with van der Waals surface area (Å²) < 4.78 is 24.2. The number of rotatable bonds is 5. The lowest BCUT2D eigenvalue weighted by atomic mass is 9.85. The van der Waals surface area contributed by atoms with Crippen molar-refractivity contribution >= 4 is 11.8 Å². The number of halogens is 1. The fourth-order valence-electron chi connectivity index (χ4n) is 2.82. The Hall–Kier alpha value is -1.91. The van der Waals surface area contributed by atoms with Crippen molar-refractivity contribution in [2.45, 2.75) is 45.1 Å². The molecule has 1 aliphatic carbocycles. The Morgan fingerprint density at radius 2 is 1.91 bits per heavy atom. The number of ketones is 1. The minimum absolute atomic E-state index is 0.0245. The summed E-state index contributed by atoms with van der Waals surface area (Å²) >= 11 is 0. The molecule has 22 heavy (non-hydrogen) atoms. The summed E-state index contributed by atoms with van der Waals surface area (Å²) in [7, 11) is 1.40. The quantitative estimate of drug-likeness (QED) is 0.617. The van der Waals surface area contributed by atoms with Gasteiger partial charge in [0.25, 0.3) is 0 Å². The van der Waals surface area contributed by atoms with E-state index in [1.807, 2.05) is 0 Å². The van der Waals surface area contributed by atoms with E-state index in [1.54, 1.807) is 6.07 Å². The van der Waals surface area contributed by atoms with Crippen molar-refractivity contribution in [1.82, 2.24) is 0 Å². The van der Waals surface area contributed by atoms with Crippen LogP contribution in [0.4, 0.5) is 4.39 Å². The summed E-state index contributed by atoms with van der Waals surface area (Å²) in [6.45, 7) is 1.33. The molecular formula is C17H21FO4. The molecule has 0 N–H and O–H groups in total. The first kappa shape index (κ1) is 16.5. The number of hydrogen-bond donors (Lipinski definition) is 0. The number of hydrogen-bond acceptors (Lipinski definition) is 4. The molecule has 0 radical (unpaired) electrons. The van der Waals surface area contributed by atoms with E-state index >= 15 is 0 Å². The number of Topliss-reactive ketones (excluding diaryl/α,β-unsaturated/α-hetero) is 1. The normalized spacial score (nSPS) is 21.2. The van der Waals surface area contributed by atoms with Gasteiger partial charge in [-0.05, 0) is 50.7 Å². The van der Waals surface area contributed by atoms with Gasteiger partial charge >= 0.3 is 5.97 Å². The Bertz CT molecular complexity index is 548. The molecule has 0 spiro atoms. The zero-order valence-corrected chi connectivity index (χ0v) is 12.9. The van der Waals surface area contributed by atoms with Crippen LogP contribution in [0, 0.1) is 11.7 Å². The molecule has 1 aromatic carbocycles. The van der Waals surface area contributed by atoms with Gasteiger partial charge in [0.2, 0.25) is 0 Å². The molecule has 1 aromatic rings. The third-order valence-electron chi connectivity index (χ3n) is 4.10. The minimum atomic E-state index is -0.552. The Morgan fingerprint density at radius 1 is 1.23 bits per heavy atom. The Kier molecular flexibility index (Phi) is 5.52. The highest BCUT2D eigenvalue weighted by molar-refractivity contribution is 5.94. The molecule has 1 saturated carbocycles. The maximum Gasteiger partial charge on any atom is 0.305 e. The minimum Gasteiger partial charge on any atom is -0.490 e. The standard InChI is InChI=1S/C17H21FO4/c1-11(19)15-8-7-14(10-16(15)18)22-13-5-3-12(4-6-13)9-17(20)21-2/h7-8,10,12-13H,3-6,9H2,1-2H3/t12-,13+. The second-order valence-corrected chi connectivity index (χ2v) is 5.74. The number of benzene rings is 1. The molecule has 0 unspecified atom stereocenters. The van der Waals surface area contributed by atoms with E-state index in [9.17, 15) is 14.0 Å². The zero-order valence-electron chi connectivity index (χ0n) is 12.9. The Morgan fingerprint density at radius 3 is 2.45 bits per heavy atom. The molecule has 1 fully saturated rings. The fourth-order valence-corrected chi connectivity index (χ4v) is 2.82. The summed E-state index contributed by atoms with van der Waals surface area (Å²) in [5.74, 6) is -0.244. The zero-order chi connectivity index (χ0) is 16.1. The van der Waals surface area contributed by atoms with Gasteiger partial charge in [0.05, 0.1) is 18.8 Å². The third kappa shape index (κ3) is 4.29. The van der Waals surface area contributed by atoms with Crippen LogP contribution in [0.5, 0.6) is 5.75 Å². The predicted molar refractivity (Wildman–Crippen MR) is 79.4 cm³/mol. The predicted octanol–water partition coefficient (Wildman–Crippen LogP) is 3.53. The summed E-state index contributed by atoms with van der Waals surface area (Å²) in [5.41, 5.74) is 0.0779. The van der Waals surface area contributed by atoms with Gasteiger partial charge in [-0.25, -0.2) is 4.39 Å². The molecule has 0 aromatic heterocycles. The molecule has 5 heteroatoms. The van der Waals surface area contributed by atoms with Gasteiger partial charge in [-0.2, -0.15) is 0 Å². The van der Waals surface area contributed by atoms with E-state index in [2.05, 4.69) is 4.74 Å². The molecule has 0 atom stereocenters. The molecular weight excluding hydrogens is 287 g/mol. The van der Waals surface area contributed by atoms with Crippen LogP contribution in [-0.4, -0.2) is 25.0 Å². The van der Waals surface area contributed by atoms with Crippen molar-refractivity contribution in [3.05, 3.63) is 29.6 Å². The maximum atomic E-state index is 13.7. The van der Waals surface area contributed by atoms with Crippen molar-refractivity contribution < 1.29 is 23.5 Å².